The first-order chi connectivity index (χ1) is 19.8. The quantitative estimate of drug-likeness (QED) is 0.107. The third-order valence-electron chi connectivity index (χ3n) is 6.49. The second-order valence-corrected chi connectivity index (χ2v) is 9.07. The molecule has 2 heterocycles. The van der Waals surface area contributed by atoms with Gasteiger partial charge >= 0.3 is 5.69 Å². The smallest absolute Gasteiger partial charge is 0.311 e. The fraction of sp³-hybridized carbons (Fsp3) is 0.267. The monoisotopic (exact) mass is 555 g/mol. The van der Waals surface area contributed by atoms with Gasteiger partial charge in [-0.05, 0) is 63.1 Å². The Kier molecular flexibility index (Phi) is 9.06. The van der Waals surface area contributed by atoms with E-state index in [4.69, 9.17) is 14.6 Å². The molecule has 0 saturated heterocycles. The lowest BCUT2D eigenvalue weighted by molar-refractivity contribution is -0.385. The molecule has 2 amide bonds. The first kappa shape index (κ1) is 28.9. The number of ether oxygens (including phenoxy) is 2. The Morgan fingerprint density at radius 3 is 2.51 bits per heavy atom. The van der Waals surface area contributed by atoms with Gasteiger partial charge in [-0.3, -0.25) is 24.6 Å². The standard InChI is InChI=1S/C30H29N5O6/c1-4-40-15-9-14-33-29(36)24(20(3)25(18-31)30(33)37)16-22-19-34(23-10-7-6-8-11-23)32-28(22)21-12-13-27(41-5-2)26(17-21)35(38)39/h6-8,10-13,16-17,19H,4-5,9,14-15H2,1-3H3/b24-16+. The zero-order valence-electron chi connectivity index (χ0n) is 23.0. The highest BCUT2D eigenvalue weighted by molar-refractivity contribution is 6.19. The maximum atomic E-state index is 13.6. The van der Waals surface area contributed by atoms with E-state index in [9.17, 15) is 25.0 Å². The Balaban J connectivity index is 1.87. The van der Waals surface area contributed by atoms with Crippen molar-refractivity contribution in [1.82, 2.24) is 14.7 Å². The van der Waals surface area contributed by atoms with Crippen LogP contribution in [0.15, 0.2) is 71.4 Å². The highest BCUT2D eigenvalue weighted by atomic mass is 16.6. The van der Waals surface area contributed by atoms with Gasteiger partial charge in [-0.2, -0.15) is 10.4 Å². The van der Waals surface area contributed by atoms with Gasteiger partial charge in [-0.25, -0.2) is 4.68 Å². The summed E-state index contributed by atoms with van der Waals surface area (Å²) in [6.45, 7) is 6.37. The van der Waals surface area contributed by atoms with Crippen molar-refractivity contribution >= 4 is 23.6 Å². The molecule has 41 heavy (non-hydrogen) atoms. The van der Waals surface area contributed by atoms with E-state index in [1.807, 2.05) is 43.3 Å². The fourth-order valence-corrected chi connectivity index (χ4v) is 4.47. The molecule has 0 aliphatic carbocycles. The van der Waals surface area contributed by atoms with Crippen LogP contribution in [0.3, 0.4) is 0 Å². The van der Waals surface area contributed by atoms with Crippen LogP contribution in [0.4, 0.5) is 5.69 Å². The van der Waals surface area contributed by atoms with Crippen molar-refractivity contribution in [3.05, 3.63) is 87.1 Å². The predicted octanol–water partition coefficient (Wildman–Crippen LogP) is 4.87. The molecule has 0 bridgehead atoms. The van der Waals surface area contributed by atoms with Crippen LogP contribution < -0.4 is 4.74 Å². The molecule has 1 aliphatic rings. The van der Waals surface area contributed by atoms with Gasteiger partial charge in [-0.15, -0.1) is 0 Å². The van der Waals surface area contributed by atoms with Crippen molar-refractivity contribution in [2.75, 3.05) is 26.4 Å². The highest BCUT2D eigenvalue weighted by Gasteiger charge is 2.35. The summed E-state index contributed by atoms with van der Waals surface area (Å²) in [5, 5.41) is 26.3. The van der Waals surface area contributed by atoms with Crippen molar-refractivity contribution in [2.24, 2.45) is 0 Å². The van der Waals surface area contributed by atoms with E-state index in [-0.39, 0.29) is 41.3 Å². The van der Waals surface area contributed by atoms with Crippen molar-refractivity contribution in [1.29, 1.82) is 5.26 Å². The molecule has 11 heteroatoms. The lowest BCUT2D eigenvalue weighted by Crippen LogP contribution is -2.43. The Morgan fingerprint density at radius 1 is 1.10 bits per heavy atom. The number of carbonyl (C=O) groups is 2. The molecule has 11 nitrogen and oxygen atoms in total. The lowest BCUT2D eigenvalue weighted by Gasteiger charge is -2.27. The molecule has 1 aromatic heterocycles. The van der Waals surface area contributed by atoms with Gasteiger partial charge < -0.3 is 9.47 Å². The summed E-state index contributed by atoms with van der Waals surface area (Å²) >= 11 is 0. The van der Waals surface area contributed by atoms with Crippen molar-refractivity contribution in [3.8, 4) is 28.8 Å². The molecule has 0 radical (unpaired) electrons. The number of nitrogens with zero attached hydrogens (tertiary/aromatic N) is 5. The Labute approximate surface area is 237 Å². The predicted molar refractivity (Wildman–Crippen MR) is 151 cm³/mol. The average Bonchev–Trinajstić information content (AvgIpc) is 3.40. The minimum absolute atomic E-state index is 0.0920. The van der Waals surface area contributed by atoms with Crippen molar-refractivity contribution in [3.63, 3.8) is 0 Å². The molecule has 2 aromatic carbocycles. The van der Waals surface area contributed by atoms with Gasteiger partial charge in [0.2, 0.25) is 0 Å². The molecule has 0 unspecified atom stereocenters. The van der Waals surface area contributed by atoms with E-state index in [2.05, 4.69) is 0 Å². The lowest BCUT2D eigenvalue weighted by atomic mass is 9.93. The summed E-state index contributed by atoms with van der Waals surface area (Å²) in [5.41, 5.74) is 2.05. The second kappa shape index (κ2) is 12.8. The summed E-state index contributed by atoms with van der Waals surface area (Å²) in [6, 6.07) is 15.7. The van der Waals surface area contributed by atoms with E-state index in [0.29, 0.717) is 36.5 Å². The van der Waals surface area contributed by atoms with Crippen LogP contribution in [0, 0.1) is 21.4 Å². The maximum absolute atomic E-state index is 13.6. The molecule has 0 saturated carbocycles. The van der Waals surface area contributed by atoms with Crippen molar-refractivity contribution in [2.45, 2.75) is 27.2 Å². The third kappa shape index (κ3) is 6.08. The van der Waals surface area contributed by atoms with Crippen LogP contribution in [0.5, 0.6) is 5.75 Å². The van der Waals surface area contributed by atoms with Crippen LogP contribution >= 0.6 is 0 Å². The highest BCUT2D eigenvalue weighted by Crippen LogP contribution is 2.35. The molecular formula is C30H29N5O6. The Morgan fingerprint density at radius 2 is 1.85 bits per heavy atom. The number of carbonyl (C=O) groups excluding carboxylic acids is 2. The number of nitro benzene ring substituents is 1. The average molecular weight is 556 g/mol. The Hall–Kier alpha value is -5.08. The molecule has 4 rings (SSSR count). The molecular weight excluding hydrogens is 526 g/mol. The maximum Gasteiger partial charge on any atom is 0.311 e. The van der Waals surface area contributed by atoms with Crippen LogP contribution in [-0.2, 0) is 14.3 Å². The number of nitriles is 1. The van der Waals surface area contributed by atoms with Gasteiger partial charge in [0.15, 0.2) is 5.75 Å². The number of aromatic nitrogens is 2. The number of hydrogen-bond donors (Lipinski definition) is 0. The number of hydrogen-bond acceptors (Lipinski definition) is 8. The summed E-state index contributed by atoms with van der Waals surface area (Å²) in [6.07, 6.45) is 3.69. The molecule has 0 N–H and O–H groups in total. The summed E-state index contributed by atoms with van der Waals surface area (Å²) in [7, 11) is 0. The van der Waals surface area contributed by atoms with Crippen LogP contribution in [0.2, 0.25) is 0 Å². The second-order valence-electron chi connectivity index (χ2n) is 9.07. The largest absolute Gasteiger partial charge is 0.487 e. The first-order valence-corrected chi connectivity index (χ1v) is 13.1. The van der Waals surface area contributed by atoms with Gasteiger partial charge in [-0.1, -0.05) is 18.2 Å². The third-order valence-corrected chi connectivity index (χ3v) is 6.49. The van der Waals surface area contributed by atoms with Gasteiger partial charge in [0.1, 0.15) is 17.3 Å². The van der Waals surface area contributed by atoms with E-state index in [1.54, 1.807) is 36.9 Å². The Bertz CT molecular complexity index is 1580. The number of para-hydroxylation sites is 1. The zero-order valence-corrected chi connectivity index (χ0v) is 23.0. The van der Waals surface area contributed by atoms with Crippen molar-refractivity contribution < 1.29 is 24.0 Å². The summed E-state index contributed by atoms with van der Waals surface area (Å²) < 4.78 is 12.4. The summed E-state index contributed by atoms with van der Waals surface area (Å²) in [4.78, 5) is 38.9. The first-order valence-electron chi connectivity index (χ1n) is 13.1. The van der Waals surface area contributed by atoms with Crippen LogP contribution in [0.25, 0.3) is 23.0 Å². The molecule has 0 atom stereocenters. The molecule has 210 valence electrons. The van der Waals surface area contributed by atoms with Gasteiger partial charge in [0.05, 0.1) is 17.2 Å². The van der Waals surface area contributed by atoms with E-state index in [1.165, 1.54) is 12.1 Å². The number of benzene rings is 2. The summed E-state index contributed by atoms with van der Waals surface area (Å²) in [5.74, 6) is -1.06. The van der Waals surface area contributed by atoms with E-state index in [0.717, 1.165) is 10.6 Å². The molecule has 3 aromatic rings. The SMILES string of the molecule is CCOCCCN1C(=O)C(C#N)=C(C)/C(=C\c2cn(-c3ccccc3)nc2-c2ccc(OCC)c([N+](=O)[O-])c2)C1=O. The van der Waals surface area contributed by atoms with Gasteiger partial charge in [0, 0.05) is 48.7 Å². The van der Waals surface area contributed by atoms with Crippen LogP contribution in [-0.4, -0.2) is 57.8 Å². The molecule has 1 aliphatic heterocycles. The van der Waals surface area contributed by atoms with E-state index < -0.39 is 16.7 Å². The normalized spacial score (nSPS) is 14.5. The van der Waals surface area contributed by atoms with Gasteiger partial charge in [0.25, 0.3) is 11.8 Å². The van der Waals surface area contributed by atoms with Crippen LogP contribution in [0.1, 0.15) is 32.8 Å². The number of imide groups is 1. The number of amides is 2. The number of nitro groups is 1. The fourth-order valence-electron chi connectivity index (χ4n) is 4.47. The van der Waals surface area contributed by atoms with E-state index >= 15 is 0 Å². The molecule has 0 fully saturated rings. The minimum Gasteiger partial charge on any atom is -0.487 e. The molecule has 0 spiro atoms. The topological polar surface area (TPSA) is 141 Å². The minimum atomic E-state index is -0.647. The number of rotatable bonds is 11. The zero-order chi connectivity index (χ0) is 29.5.